The van der Waals surface area contributed by atoms with Crippen LogP contribution in [-0.4, -0.2) is 18.4 Å². The smallest absolute Gasteiger partial charge is 0.326 e. The van der Waals surface area contributed by atoms with Gasteiger partial charge >= 0.3 is 6.03 Å². The van der Waals surface area contributed by atoms with Gasteiger partial charge in [-0.1, -0.05) is 6.92 Å². The van der Waals surface area contributed by atoms with Crippen LogP contribution in [0.1, 0.15) is 13.3 Å². The fourth-order valence-corrected chi connectivity index (χ4v) is 0.627. The number of hydrogen-bond acceptors (Lipinski definition) is 3. The number of nitrogens with two attached hydrogens (primary N) is 1. The van der Waals surface area contributed by atoms with Crippen molar-refractivity contribution in [1.82, 2.24) is 10.9 Å². The molecule has 0 radical (unpaired) electrons. The zero-order valence-electron chi connectivity index (χ0n) is 5.81. The van der Waals surface area contributed by atoms with Gasteiger partial charge in [0.25, 0.3) is 0 Å². The maximum atomic E-state index is 10.2. The molecule has 1 fully saturated rings. The van der Waals surface area contributed by atoms with Crippen molar-refractivity contribution in [3.63, 3.8) is 0 Å². The Morgan fingerprint density at radius 2 is 2.50 bits per heavy atom. The molecule has 1 saturated heterocycles. The number of carbonyl (C=O) groups is 1. The van der Waals surface area contributed by atoms with E-state index in [2.05, 4.69) is 10.9 Å². The molecule has 5 heteroatoms. The quantitative estimate of drug-likeness (QED) is 0.363. The van der Waals surface area contributed by atoms with Gasteiger partial charge in [-0.25, -0.2) is 10.2 Å². The summed E-state index contributed by atoms with van der Waals surface area (Å²) in [6.07, 6.45) is 0.813. The Labute approximate surface area is 58.9 Å². The molecule has 5 nitrogen and oxygen atoms in total. The van der Waals surface area contributed by atoms with E-state index >= 15 is 0 Å². The zero-order valence-corrected chi connectivity index (χ0v) is 5.81. The summed E-state index contributed by atoms with van der Waals surface area (Å²) in [5.74, 6) is 0. The minimum Gasteiger partial charge on any atom is -0.352 e. The molecule has 0 aliphatic carbocycles. The van der Waals surface area contributed by atoms with Crippen molar-refractivity contribution in [1.29, 1.82) is 0 Å². The van der Waals surface area contributed by atoms with Gasteiger partial charge in [0.05, 0.1) is 6.61 Å². The molecular weight excluding hydrogens is 134 g/mol. The molecule has 0 bridgehead atoms. The Kier molecular flexibility index (Phi) is 1.78. The van der Waals surface area contributed by atoms with Gasteiger partial charge in [0.2, 0.25) is 0 Å². The zero-order chi connectivity index (χ0) is 7.61. The SMILES string of the molecule is CCC1(NNC(N)=O)CO1. The van der Waals surface area contributed by atoms with E-state index in [1.54, 1.807) is 0 Å². The molecule has 4 N–H and O–H groups in total. The summed E-state index contributed by atoms with van der Waals surface area (Å²) >= 11 is 0. The van der Waals surface area contributed by atoms with Gasteiger partial charge in [0.1, 0.15) is 0 Å². The largest absolute Gasteiger partial charge is 0.352 e. The lowest BCUT2D eigenvalue weighted by Crippen LogP contribution is -2.48. The molecular formula is C5H11N3O2. The van der Waals surface area contributed by atoms with E-state index in [0.29, 0.717) is 6.61 Å². The number of ether oxygens (including phenoxy) is 1. The van der Waals surface area contributed by atoms with E-state index in [9.17, 15) is 4.79 Å². The second-order valence-electron chi connectivity index (χ2n) is 2.25. The second kappa shape index (κ2) is 2.43. The van der Waals surface area contributed by atoms with Crippen LogP contribution in [0, 0.1) is 0 Å². The molecule has 1 heterocycles. The second-order valence-corrected chi connectivity index (χ2v) is 2.25. The monoisotopic (exact) mass is 145 g/mol. The first-order valence-corrected chi connectivity index (χ1v) is 3.15. The van der Waals surface area contributed by atoms with Gasteiger partial charge < -0.3 is 10.5 Å². The molecule has 0 aromatic rings. The molecule has 0 aromatic heterocycles. The van der Waals surface area contributed by atoms with Crippen molar-refractivity contribution >= 4 is 6.03 Å². The molecule has 58 valence electrons. The van der Waals surface area contributed by atoms with Crippen LogP contribution in [0.15, 0.2) is 0 Å². The summed E-state index contributed by atoms with van der Waals surface area (Å²) in [5, 5.41) is 0. The van der Waals surface area contributed by atoms with E-state index in [0.717, 1.165) is 6.42 Å². The number of epoxide rings is 1. The minimum absolute atomic E-state index is 0.338. The minimum atomic E-state index is -0.594. The Morgan fingerprint density at radius 3 is 2.80 bits per heavy atom. The summed E-state index contributed by atoms with van der Waals surface area (Å²) in [6.45, 7) is 2.59. The molecule has 0 saturated carbocycles. The number of hydrazine groups is 1. The number of amides is 2. The van der Waals surface area contributed by atoms with Crippen LogP contribution in [0.3, 0.4) is 0 Å². The van der Waals surface area contributed by atoms with E-state index in [-0.39, 0.29) is 5.72 Å². The highest BCUT2D eigenvalue weighted by Gasteiger charge is 2.42. The third kappa shape index (κ3) is 1.58. The number of primary amides is 1. The third-order valence-electron chi connectivity index (χ3n) is 1.48. The summed E-state index contributed by atoms with van der Waals surface area (Å²) in [4.78, 5) is 10.2. The molecule has 2 amide bonds. The molecule has 0 spiro atoms. The van der Waals surface area contributed by atoms with Gasteiger partial charge in [-0.15, -0.1) is 0 Å². The molecule has 0 aromatic carbocycles. The average Bonchev–Trinajstić information content (AvgIpc) is 2.64. The summed E-state index contributed by atoms with van der Waals surface area (Å²) in [7, 11) is 0. The highest BCUT2D eigenvalue weighted by Crippen LogP contribution is 2.25. The van der Waals surface area contributed by atoms with E-state index in [1.807, 2.05) is 6.92 Å². The molecule has 1 aliphatic rings. The van der Waals surface area contributed by atoms with E-state index < -0.39 is 6.03 Å². The van der Waals surface area contributed by atoms with Gasteiger partial charge in [0, 0.05) is 0 Å². The van der Waals surface area contributed by atoms with Crippen LogP contribution >= 0.6 is 0 Å². The maximum absolute atomic E-state index is 10.2. The number of hydrogen-bond donors (Lipinski definition) is 3. The van der Waals surface area contributed by atoms with Crippen LogP contribution in [-0.2, 0) is 4.74 Å². The lowest BCUT2D eigenvalue weighted by molar-refractivity contribution is 0.209. The fourth-order valence-electron chi connectivity index (χ4n) is 0.627. The molecule has 1 atom stereocenters. The predicted octanol–water partition coefficient (Wildman–Crippen LogP) is -0.704. The molecule has 10 heavy (non-hydrogen) atoms. The highest BCUT2D eigenvalue weighted by molar-refractivity contribution is 5.71. The van der Waals surface area contributed by atoms with Crippen molar-refractivity contribution in [2.24, 2.45) is 5.73 Å². The predicted molar refractivity (Wildman–Crippen MR) is 34.8 cm³/mol. The van der Waals surface area contributed by atoms with Crippen molar-refractivity contribution in [2.75, 3.05) is 6.61 Å². The van der Waals surface area contributed by atoms with Crippen LogP contribution < -0.4 is 16.6 Å². The fraction of sp³-hybridized carbons (Fsp3) is 0.800. The lowest BCUT2D eigenvalue weighted by atomic mass is 10.3. The highest BCUT2D eigenvalue weighted by atomic mass is 16.6. The van der Waals surface area contributed by atoms with Crippen molar-refractivity contribution in [2.45, 2.75) is 19.1 Å². The normalized spacial score (nSPS) is 29.7. The standard InChI is InChI=1S/C5H11N3O2/c1-2-5(3-10-5)8-7-4(6)9/h8H,2-3H2,1H3,(H3,6,7,9). The Morgan fingerprint density at radius 1 is 1.90 bits per heavy atom. The van der Waals surface area contributed by atoms with Gasteiger partial charge in [-0.2, -0.15) is 0 Å². The first-order valence-electron chi connectivity index (χ1n) is 3.15. The van der Waals surface area contributed by atoms with Crippen LogP contribution in [0.2, 0.25) is 0 Å². The molecule has 1 rings (SSSR count). The molecule has 1 aliphatic heterocycles. The average molecular weight is 145 g/mol. The number of rotatable bonds is 3. The topological polar surface area (TPSA) is 79.7 Å². The van der Waals surface area contributed by atoms with E-state index in [1.165, 1.54) is 0 Å². The van der Waals surface area contributed by atoms with Crippen molar-refractivity contribution in [3.05, 3.63) is 0 Å². The van der Waals surface area contributed by atoms with E-state index in [4.69, 9.17) is 10.5 Å². The number of carbonyl (C=O) groups excluding carboxylic acids is 1. The van der Waals surface area contributed by atoms with Gasteiger partial charge in [-0.05, 0) is 6.42 Å². The maximum Gasteiger partial charge on any atom is 0.326 e. The summed E-state index contributed by atoms with van der Waals surface area (Å²) in [6, 6.07) is -0.594. The summed E-state index contributed by atoms with van der Waals surface area (Å²) in [5.41, 5.74) is 9.41. The Bertz CT molecular complexity index is 144. The van der Waals surface area contributed by atoms with Gasteiger partial charge in [-0.3, -0.25) is 5.43 Å². The van der Waals surface area contributed by atoms with Crippen LogP contribution in [0.25, 0.3) is 0 Å². The van der Waals surface area contributed by atoms with Crippen LogP contribution in [0.5, 0.6) is 0 Å². The van der Waals surface area contributed by atoms with Crippen LogP contribution in [0.4, 0.5) is 4.79 Å². The first kappa shape index (κ1) is 7.30. The summed E-state index contributed by atoms with van der Waals surface area (Å²) < 4.78 is 5.01. The van der Waals surface area contributed by atoms with Gasteiger partial charge in [0.15, 0.2) is 5.72 Å². The van der Waals surface area contributed by atoms with Crippen molar-refractivity contribution < 1.29 is 9.53 Å². The number of nitrogens with one attached hydrogen (secondary N) is 2. The Hall–Kier alpha value is -0.810. The van der Waals surface area contributed by atoms with Crippen molar-refractivity contribution in [3.8, 4) is 0 Å². The first-order chi connectivity index (χ1) is 4.68. The lowest BCUT2D eigenvalue weighted by Gasteiger charge is -2.10. The Balaban J connectivity index is 2.19. The molecule has 1 unspecified atom stereocenters. The third-order valence-corrected chi connectivity index (χ3v) is 1.48. The number of urea groups is 1.